The lowest BCUT2D eigenvalue weighted by Gasteiger charge is -2.23. The van der Waals surface area contributed by atoms with Crippen molar-refractivity contribution in [2.45, 2.75) is 71.4 Å². The fourth-order valence-corrected chi connectivity index (χ4v) is 3.14. The number of rotatable bonds is 9. The summed E-state index contributed by atoms with van der Waals surface area (Å²) in [6.07, 6.45) is 5.64. The van der Waals surface area contributed by atoms with Crippen LogP contribution in [0.5, 0.6) is 0 Å². The van der Waals surface area contributed by atoms with Crippen LogP contribution < -0.4 is 10.6 Å². The number of hydrogen-bond donors (Lipinski definition) is 2. The first-order valence-corrected chi connectivity index (χ1v) is 9.01. The number of carbonyl (C=O) groups excluding carboxylic acids is 1. The van der Waals surface area contributed by atoms with Crippen molar-refractivity contribution in [1.29, 1.82) is 0 Å². The van der Waals surface area contributed by atoms with Gasteiger partial charge in [-0.15, -0.1) is 0 Å². The highest BCUT2D eigenvalue weighted by atomic mass is 16.6. The van der Waals surface area contributed by atoms with Crippen molar-refractivity contribution in [3.8, 4) is 0 Å². The fraction of sp³-hybridized carbons (Fsp3) is 0.944. The SMILES string of the molecule is COCC(CCCNC(=O)OC(C)(C)C)NCC1CCCC1C. The van der Waals surface area contributed by atoms with Gasteiger partial charge in [-0.1, -0.05) is 19.8 Å². The van der Waals surface area contributed by atoms with E-state index in [1.807, 2.05) is 20.8 Å². The van der Waals surface area contributed by atoms with E-state index in [-0.39, 0.29) is 6.09 Å². The number of nitrogens with one attached hydrogen (secondary N) is 2. The van der Waals surface area contributed by atoms with Crippen molar-refractivity contribution >= 4 is 6.09 Å². The molecule has 2 N–H and O–H groups in total. The van der Waals surface area contributed by atoms with Gasteiger partial charge in [-0.3, -0.25) is 0 Å². The molecule has 1 amide bonds. The summed E-state index contributed by atoms with van der Waals surface area (Å²) in [5.74, 6) is 1.63. The molecule has 0 aromatic heterocycles. The van der Waals surface area contributed by atoms with Crippen molar-refractivity contribution in [3.05, 3.63) is 0 Å². The Balaban J connectivity index is 2.18. The predicted octanol–water partition coefficient (Wildman–Crippen LogP) is 3.33. The fourth-order valence-electron chi connectivity index (χ4n) is 3.14. The maximum absolute atomic E-state index is 11.6. The van der Waals surface area contributed by atoms with Crippen LogP contribution in [0.4, 0.5) is 4.79 Å². The molecular weight excluding hydrogens is 292 g/mol. The Morgan fingerprint density at radius 2 is 2.04 bits per heavy atom. The first-order chi connectivity index (χ1) is 10.8. The molecule has 1 saturated carbocycles. The van der Waals surface area contributed by atoms with Gasteiger partial charge in [0.05, 0.1) is 6.61 Å². The summed E-state index contributed by atoms with van der Waals surface area (Å²) in [7, 11) is 1.74. The Kier molecular flexibility index (Phi) is 8.92. The van der Waals surface area contributed by atoms with Crippen molar-refractivity contribution in [1.82, 2.24) is 10.6 Å². The zero-order chi connectivity index (χ0) is 17.3. The van der Waals surface area contributed by atoms with Crippen LogP contribution in [0.15, 0.2) is 0 Å². The van der Waals surface area contributed by atoms with Crippen LogP contribution in [-0.2, 0) is 9.47 Å². The molecule has 136 valence electrons. The van der Waals surface area contributed by atoms with E-state index in [1.54, 1.807) is 7.11 Å². The molecule has 5 heteroatoms. The number of amides is 1. The van der Waals surface area contributed by atoms with E-state index >= 15 is 0 Å². The first-order valence-electron chi connectivity index (χ1n) is 9.01. The van der Waals surface area contributed by atoms with Crippen LogP contribution >= 0.6 is 0 Å². The van der Waals surface area contributed by atoms with Crippen molar-refractivity contribution in [3.63, 3.8) is 0 Å². The molecule has 1 fully saturated rings. The average molecular weight is 328 g/mol. The summed E-state index contributed by atoms with van der Waals surface area (Å²) < 4.78 is 10.5. The van der Waals surface area contributed by atoms with Crippen LogP contribution in [0.2, 0.25) is 0 Å². The van der Waals surface area contributed by atoms with Gasteiger partial charge in [0.15, 0.2) is 0 Å². The lowest BCUT2D eigenvalue weighted by molar-refractivity contribution is 0.0526. The van der Waals surface area contributed by atoms with E-state index < -0.39 is 5.60 Å². The molecule has 0 aromatic carbocycles. The van der Waals surface area contributed by atoms with Gasteiger partial charge in [-0.2, -0.15) is 0 Å². The van der Waals surface area contributed by atoms with Gasteiger partial charge in [-0.05, 0) is 58.4 Å². The summed E-state index contributed by atoms with van der Waals surface area (Å²) in [5, 5.41) is 6.46. The monoisotopic (exact) mass is 328 g/mol. The van der Waals surface area contributed by atoms with E-state index in [4.69, 9.17) is 9.47 Å². The molecule has 1 rings (SSSR count). The Morgan fingerprint density at radius 1 is 1.30 bits per heavy atom. The van der Waals surface area contributed by atoms with Crippen molar-refractivity contribution < 1.29 is 14.3 Å². The minimum Gasteiger partial charge on any atom is -0.444 e. The molecule has 1 aliphatic carbocycles. The van der Waals surface area contributed by atoms with Crippen LogP contribution in [-0.4, -0.2) is 44.5 Å². The zero-order valence-electron chi connectivity index (χ0n) is 15.6. The quantitative estimate of drug-likeness (QED) is 0.637. The molecule has 5 nitrogen and oxygen atoms in total. The van der Waals surface area contributed by atoms with Crippen LogP contribution in [0, 0.1) is 11.8 Å². The second-order valence-electron chi connectivity index (χ2n) is 7.80. The minimum atomic E-state index is -0.442. The van der Waals surface area contributed by atoms with Crippen molar-refractivity contribution in [2.75, 3.05) is 26.8 Å². The Hall–Kier alpha value is -0.810. The largest absolute Gasteiger partial charge is 0.444 e. The maximum atomic E-state index is 11.6. The standard InChI is InChI=1S/C18H36N2O3/c1-14-8-6-9-15(14)12-20-16(13-22-5)10-7-11-19-17(21)23-18(2,3)4/h14-16,20H,6-13H2,1-5H3,(H,19,21). The lowest BCUT2D eigenvalue weighted by atomic mass is 9.97. The van der Waals surface area contributed by atoms with E-state index in [0.717, 1.165) is 31.2 Å². The predicted molar refractivity (Wildman–Crippen MR) is 93.6 cm³/mol. The van der Waals surface area contributed by atoms with E-state index in [1.165, 1.54) is 19.3 Å². The maximum Gasteiger partial charge on any atom is 0.407 e. The van der Waals surface area contributed by atoms with Crippen molar-refractivity contribution in [2.24, 2.45) is 11.8 Å². The third-order valence-corrected chi connectivity index (χ3v) is 4.47. The molecule has 0 radical (unpaired) electrons. The highest BCUT2D eigenvalue weighted by Gasteiger charge is 2.23. The van der Waals surface area contributed by atoms with Gasteiger partial charge in [0.2, 0.25) is 0 Å². The Morgan fingerprint density at radius 3 is 2.61 bits per heavy atom. The highest BCUT2D eigenvalue weighted by molar-refractivity contribution is 5.67. The molecule has 0 saturated heterocycles. The highest BCUT2D eigenvalue weighted by Crippen LogP contribution is 2.30. The molecule has 0 bridgehead atoms. The third kappa shape index (κ3) is 9.16. The molecule has 0 spiro atoms. The van der Waals surface area contributed by atoms with Gasteiger partial charge < -0.3 is 20.1 Å². The second kappa shape index (κ2) is 10.1. The third-order valence-electron chi connectivity index (χ3n) is 4.47. The Labute approximate surface area is 141 Å². The first kappa shape index (κ1) is 20.2. The zero-order valence-corrected chi connectivity index (χ0v) is 15.6. The number of carbonyl (C=O) groups is 1. The second-order valence-corrected chi connectivity index (χ2v) is 7.80. The molecule has 3 atom stereocenters. The number of hydrogen-bond acceptors (Lipinski definition) is 4. The summed E-state index contributed by atoms with van der Waals surface area (Å²) in [6.45, 7) is 10.4. The number of alkyl carbamates (subject to hydrolysis) is 1. The Bertz CT molecular complexity index is 342. The van der Waals surface area contributed by atoms with Gasteiger partial charge in [0.25, 0.3) is 0 Å². The normalized spacial score (nSPS) is 22.8. The van der Waals surface area contributed by atoms with E-state index in [2.05, 4.69) is 17.6 Å². The average Bonchev–Trinajstić information content (AvgIpc) is 2.84. The molecular formula is C18H36N2O3. The van der Waals surface area contributed by atoms with E-state index in [0.29, 0.717) is 19.2 Å². The summed E-state index contributed by atoms with van der Waals surface area (Å²) in [5.41, 5.74) is -0.442. The van der Waals surface area contributed by atoms with Crippen LogP contribution in [0.3, 0.4) is 0 Å². The number of ether oxygens (including phenoxy) is 2. The topological polar surface area (TPSA) is 59.6 Å². The lowest BCUT2D eigenvalue weighted by Crippen LogP contribution is -2.38. The smallest absolute Gasteiger partial charge is 0.407 e. The molecule has 23 heavy (non-hydrogen) atoms. The molecule has 0 heterocycles. The minimum absolute atomic E-state index is 0.339. The molecule has 0 aromatic rings. The summed E-state index contributed by atoms with van der Waals surface area (Å²) in [4.78, 5) is 11.6. The van der Waals surface area contributed by atoms with Gasteiger partial charge in [0.1, 0.15) is 5.60 Å². The summed E-state index contributed by atoms with van der Waals surface area (Å²) >= 11 is 0. The number of methoxy groups -OCH3 is 1. The molecule has 3 unspecified atom stereocenters. The van der Waals surface area contributed by atoms with Crippen LogP contribution in [0.1, 0.15) is 59.8 Å². The molecule has 0 aliphatic heterocycles. The van der Waals surface area contributed by atoms with Crippen LogP contribution in [0.25, 0.3) is 0 Å². The van der Waals surface area contributed by atoms with Gasteiger partial charge >= 0.3 is 6.09 Å². The van der Waals surface area contributed by atoms with E-state index in [9.17, 15) is 4.79 Å². The van der Waals surface area contributed by atoms with Gasteiger partial charge in [0, 0.05) is 19.7 Å². The molecule has 1 aliphatic rings. The summed E-state index contributed by atoms with van der Waals surface area (Å²) in [6, 6.07) is 0.355. The van der Waals surface area contributed by atoms with Gasteiger partial charge in [-0.25, -0.2) is 4.79 Å².